The summed E-state index contributed by atoms with van der Waals surface area (Å²) < 4.78 is 0. The summed E-state index contributed by atoms with van der Waals surface area (Å²) in [6, 6.07) is 0. The lowest BCUT2D eigenvalue weighted by Gasteiger charge is -2.02. The largest absolute Gasteiger partial charge is 0.0830 e. The normalized spacial score (nSPS) is 12.6. The maximum Gasteiger partial charge on any atom is -0.0288 e. The van der Waals surface area contributed by atoms with Crippen LogP contribution in [0.1, 0.15) is 59.8 Å². The fraction of sp³-hybridized carbons (Fsp3) is 0.833. The van der Waals surface area contributed by atoms with Gasteiger partial charge < -0.3 is 0 Å². The van der Waals surface area contributed by atoms with Crippen molar-refractivity contribution in [3.05, 3.63) is 11.6 Å². The molecule has 0 saturated carbocycles. The fourth-order valence-electron chi connectivity index (χ4n) is 1.48. The zero-order valence-electron chi connectivity index (χ0n) is 9.19. The molecule has 0 fully saturated rings. The number of allylic oxidation sites excluding steroid dienone is 2. The van der Waals surface area contributed by atoms with Gasteiger partial charge in [0.1, 0.15) is 0 Å². The molecular weight excluding hydrogens is 144 g/mol. The van der Waals surface area contributed by atoms with Crippen molar-refractivity contribution in [2.45, 2.75) is 59.8 Å². The molecule has 0 aliphatic carbocycles. The van der Waals surface area contributed by atoms with Gasteiger partial charge in [0.25, 0.3) is 0 Å². The van der Waals surface area contributed by atoms with Gasteiger partial charge in [0.05, 0.1) is 0 Å². The molecule has 72 valence electrons. The van der Waals surface area contributed by atoms with Crippen LogP contribution in [0.25, 0.3) is 0 Å². The number of rotatable bonds is 6. The van der Waals surface area contributed by atoms with Crippen LogP contribution in [0.4, 0.5) is 0 Å². The van der Waals surface area contributed by atoms with Crippen LogP contribution in [0.2, 0.25) is 0 Å². The van der Waals surface area contributed by atoms with E-state index >= 15 is 0 Å². The van der Waals surface area contributed by atoms with Crippen LogP contribution in [0, 0.1) is 5.92 Å². The Morgan fingerprint density at radius 1 is 1.17 bits per heavy atom. The molecule has 0 nitrogen and oxygen atoms in total. The molecule has 0 unspecified atom stereocenters. The lowest BCUT2D eigenvalue weighted by Crippen LogP contribution is -1.84. The van der Waals surface area contributed by atoms with E-state index in [4.69, 9.17) is 0 Å². The van der Waals surface area contributed by atoms with Crippen molar-refractivity contribution < 1.29 is 0 Å². The Balaban J connectivity index is 3.37. The number of unbranched alkanes of at least 4 members (excludes halogenated alkanes) is 3. The van der Waals surface area contributed by atoms with Gasteiger partial charge in [-0.2, -0.15) is 0 Å². The van der Waals surface area contributed by atoms with Crippen LogP contribution in [0.15, 0.2) is 11.6 Å². The van der Waals surface area contributed by atoms with E-state index in [1.54, 1.807) is 5.57 Å². The van der Waals surface area contributed by atoms with Crippen molar-refractivity contribution in [3.8, 4) is 0 Å². The first-order chi connectivity index (χ1) is 5.66. The third-order valence-corrected chi connectivity index (χ3v) is 2.04. The predicted octanol–water partition coefficient (Wildman–Crippen LogP) is 4.56. The highest BCUT2D eigenvalue weighted by Gasteiger charge is 1.92. The van der Waals surface area contributed by atoms with Gasteiger partial charge in [0.15, 0.2) is 0 Å². The maximum absolute atomic E-state index is 2.38. The van der Waals surface area contributed by atoms with Crippen molar-refractivity contribution >= 4 is 0 Å². The van der Waals surface area contributed by atoms with Gasteiger partial charge in [-0.3, -0.25) is 0 Å². The topological polar surface area (TPSA) is 0 Å². The molecule has 12 heavy (non-hydrogen) atoms. The van der Waals surface area contributed by atoms with E-state index < -0.39 is 0 Å². The van der Waals surface area contributed by atoms with Gasteiger partial charge in [-0.1, -0.05) is 51.7 Å². The molecule has 0 aromatic carbocycles. The molecule has 0 aromatic heterocycles. The molecular formula is C12H24. The molecule has 0 aliphatic rings. The lowest BCUT2D eigenvalue weighted by molar-refractivity contribution is 0.660. The monoisotopic (exact) mass is 168 g/mol. The van der Waals surface area contributed by atoms with Crippen molar-refractivity contribution in [2.24, 2.45) is 5.92 Å². The molecule has 0 amide bonds. The first-order valence-electron chi connectivity index (χ1n) is 5.34. The second-order valence-corrected chi connectivity index (χ2v) is 4.07. The standard InChI is InChI=1S/C12H24/c1-5-6-7-8-9-12(4)10-11(2)3/h10-11H,5-9H2,1-4H3. The van der Waals surface area contributed by atoms with Gasteiger partial charge in [-0.15, -0.1) is 0 Å². The van der Waals surface area contributed by atoms with Gasteiger partial charge in [0, 0.05) is 0 Å². The summed E-state index contributed by atoms with van der Waals surface area (Å²) in [5.74, 6) is 0.719. The van der Waals surface area contributed by atoms with E-state index in [0.29, 0.717) is 0 Å². The quantitative estimate of drug-likeness (QED) is 0.403. The molecule has 0 rings (SSSR count). The number of hydrogen-bond donors (Lipinski definition) is 0. The third kappa shape index (κ3) is 7.84. The van der Waals surface area contributed by atoms with Crippen LogP contribution >= 0.6 is 0 Å². The zero-order chi connectivity index (χ0) is 9.40. The minimum Gasteiger partial charge on any atom is -0.0830 e. The Hall–Kier alpha value is -0.260. The van der Waals surface area contributed by atoms with E-state index in [0.717, 1.165) is 5.92 Å². The first-order valence-corrected chi connectivity index (χ1v) is 5.34. The SMILES string of the molecule is CCCCCCC(C)=CC(C)C. The molecule has 0 saturated heterocycles. The molecule has 0 bridgehead atoms. The number of hydrogen-bond acceptors (Lipinski definition) is 0. The van der Waals surface area contributed by atoms with Crippen LogP contribution in [-0.2, 0) is 0 Å². The van der Waals surface area contributed by atoms with Crippen molar-refractivity contribution in [1.82, 2.24) is 0 Å². The highest BCUT2D eigenvalue weighted by Crippen LogP contribution is 2.11. The summed E-state index contributed by atoms with van der Waals surface area (Å²) >= 11 is 0. The molecule has 0 N–H and O–H groups in total. The Labute approximate surface area is 78.1 Å². The van der Waals surface area contributed by atoms with Crippen LogP contribution in [-0.4, -0.2) is 0 Å². The third-order valence-electron chi connectivity index (χ3n) is 2.04. The van der Waals surface area contributed by atoms with Gasteiger partial charge >= 0.3 is 0 Å². The second kappa shape index (κ2) is 7.39. The lowest BCUT2D eigenvalue weighted by atomic mass is 10.0. The van der Waals surface area contributed by atoms with Crippen LogP contribution in [0.5, 0.6) is 0 Å². The summed E-state index contributed by atoms with van der Waals surface area (Å²) in [6.07, 6.45) is 9.20. The Kier molecular flexibility index (Phi) is 7.23. The van der Waals surface area contributed by atoms with Gasteiger partial charge in [-0.25, -0.2) is 0 Å². The summed E-state index contributed by atoms with van der Waals surface area (Å²) in [5.41, 5.74) is 1.57. The minimum absolute atomic E-state index is 0.719. The smallest absolute Gasteiger partial charge is 0.0288 e. The minimum atomic E-state index is 0.719. The van der Waals surface area contributed by atoms with Crippen molar-refractivity contribution in [3.63, 3.8) is 0 Å². The molecule has 0 heteroatoms. The van der Waals surface area contributed by atoms with E-state index in [9.17, 15) is 0 Å². The van der Waals surface area contributed by atoms with E-state index in [2.05, 4.69) is 33.8 Å². The van der Waals surface area contributed by atoms with E-state index in [1.807, 2.05) is 0 Å². The van der Waals surface area contributed by atoms with E-state index in [1.165, 1.54) is 32.1 Å². The zero-order valence-corrected chi connectivity index (χ0v) is 9.19. The summed E-state index contributed by atoms with van der Waals surface area (Å²) in [7, 11) is 0. The van der Waals surface area contributed by atoms with Crippen LogP contribution < -0.4 is 0 Å². The maximum atomic E-state index is 2.38. The molecule has 0 aromatic rings. The molecule has 0 radical (unpaired) electrons. The Morgan fingerprint density at radius 2 is 1.83 bits per heavy atom. The Bertz CT molecular complexity index is 120. The summed E-state index contributed by atoms with van der Waals surface area (Å²) in [4.78, 5) is 0. The highest BCUT2D eigenvalue weighted by molar-refractivity contribution is 4.99. The average molecular weight is 168 g/mol. The first kappa shape index (κ1) is 11.7. The van der Waals surface area contributed by atoms with Crippen LogP contribution in [0.3, 0.4) is 0 Å². The Morgan fingerprint density at radius 3 is 2.33 bits per heavy atom. The molecule has 0 aliphatic heterocycles. The van der Waals surface area contributed by atoms with Gasteiger partial charge in [0.2, 0.25) is 0 Å². The van der Waals surface area contributed by atoms with Crippen molar-refractivity contribution in [1.29, 1.82) is 0 Å². The molecule has 0 heterocycles. The second-order valence-electron chi connectivity index (χ2n) is 4.07. The molecule has 0 atom stereocenters. The van der Waals surface area contributed by atoms with Gasteiger partial charge in [-0.05, 0) is 25.7 Å². The molecule has 0 spiro atoms. The summed E-state index contributed by atoms with van der Waals surface area (Å²) in [5, 5.41) is 0. The van der Waals surface area contributed by atoms with Crippen molar-refractivity contribution in [2.75, 3.05) is 0 Å². The predicted molar refractivity (Wildman–Crippen MR) is 57.4 cm³/mol. The highest BCUT2D eigenvalue weighted by atomic mass is 14.0. The van der Waals surface area contributed by atoms with E-state index in [-0.39, 0.29) is 0 Å². The average Bonchev–Trinajstić information content (AvgIpc) is 1.97. The summed E-state index contributed by atoms with van der Waals surface area (Å²) in [6.45, 7) is 9.01. The fourth-order valence-corrected chi connectivity index (χ4v) is 1.48.